The number of anilines is 1. The Kier molecular flexibility index (Phi) is 5.91. The van der Waals surface area contributed by atoms with Gasteiger partial charge in [0, 0.05) is 12.2 Å². The number of ether oxygens (including phenoxy) is 2. The summed E-state index contributed by atoms with van der Waals surface area (Å²) in [5.41, 5.74) is 2.63. The molecule has 2 rings (SSSR count). The first-order chi connectivity index (χ1) is 11.0. The van der Waals surface area contributed by atoms with E-state index in [1.165, 1.54) is 5.56 Å². The van der Waals surface area contributed by atoms with Gasteiger partial charge < -0.3 is 14.8 Å². The Bertz CT molecular complexity index is 588. The summed E-state index contributed by atoms with van der Waals surface area (Å²) in [6.07, 6.45) is 1.12. The molecule has 0 saturated heterocycles. The second-order valence-electron chi connectivity index (χ2n) is 6.27. The highest BCUT2D eigenvalue weighted by molar-refractivity contribution is 5.46. The molecular formula is C20H27NO2. The highest BCUT2D eigenvalue weighted by Gasteiger charge is 2.17. The van der Waals surface area contributed by atoms with Crippen LogP contribution in [0, 0.1) is 0 Å². The van der Waals surface area contributed by atoms with Crippen LogP contribution in [0.15, 0.2) is 48.5 Å². The molecule has 23 heavy (non-hydrogen) atoms. The minimum atomic E-state index is 0.217. The molecule has 2 aromatic carbocycles. The molecule has 0 heterocycles. The quantitative estimate of drug-likeness (QED) is 0.705. The maximum Gasteiger partial charge on any atom is 0.119 e. The van der Waals surface area contributed by atoms with Gasteiger partial charge in [-0.2, -0.15) is 0 Å². The van der Waals surface area contributed by atoms with Crippen molar-refractivity contribution < 1.29 is 9.47 Å². The second kappa shape index (κ2) is 7.91. The Labute approximate surface area is 139 Å². The van der Waals surface area contributed by atoms with Crippen molar-refractivity contribution in [2.45, 2.75) is 32.6 Å². The summed E-state index contributed by atoms with van der Waals surface area (Å²) in [5.74, 6) is 1.78. The molecule has 3 nitrogen and oxygen atoms in total. The SMILES string of the molecule is CCC(C)(C)c1ccc(OCCNc2ccc(OC)cc2)cc1. The number of nitrogens with one attached hydrogen (secondary N) is 1. The minimum Gasteiger partial charge on any atom is -0.497 e. The third kappa shape index (κ3) is 4.92. The number of methoxy groups -OCH3 is 1. The average molecular weight is 313 g/mol. The molecule has 0 fully saturated rings. The molecule has 0 aromatic heterocycles. The van der Waals surface area contributed by atoms with Crippen molar-refractivity contribution in [3.8, 4) is 11.5 Å². The fourth-order valence-corrected chi connectivity index (χ4v) is 2.28. The molecule has 0 amide bonds. The fourth-order valence-electron chi connectivity index (χ4n) is 2.28. The first-order valence-electron chi connectivity index (χ1n) is 8.16. The van der Waals surface area contributed by atoms with Crippen molar-refractivity contribution in [3.63, 3.8) is 0 Å². The first kappa shape index (κ1) is 17.2. The van der Waals surface area contributed by atoms with Gasteiger partial charge >= 0.3 is 0 Å². The van der Waals surface area contributed by atoms with E-state index in [0.29, 0.717) is 6.61 Å². The van der Waals surface area contributed by atoms with Gasteiger partial charge in [0.2, 0.25) is 0 Å². The largest absolute Gasteiger partial charge is 0.497 e. The van der Waals surface area contributed by atoms with Gasteiger partial charge in [-0.05, 0) is 53.8 Å². The van der Waals surface area contributed by atoms with E-state index in [9.17, 15) is 0 Å². The summed E-state index contributed by atoms with van der Waals surface area (Å²) in [7, 11) is 1.67. The third-order valence-electron chi connectivity index (χ3n) is 4.31. The van der Waals surface area contributed by atoms with E-state index < -0.39 is 0 Å². The maximum absolute atomic E-state index is 5.79. The van der Waals surface area contributed by atoms with Crippen LogP contribution in [0.5, 0.6) is 11.5 Å². The van der Waals surface area contributed by atoms with Crippen LogP contribution in [0.2, 0.25) is 0 Å². The van der Waals surface area contributed by atoms with Crippen LogP contribution in [0.1, 0.15) is 32.8 Å². The predicted molar refractivity (Wildman–Crippen MR) is 96.7 cm³/mol. The Morgan fingerprint density at radius 2 is 1.52 bits per heavy atom. The van der Waals surface area contributed by atoms with E-state index in [2.05, 4.69) is 50.4 Å². The Morgan fingerprint density at radius 1 is 0.913 bits per heavy atom. The van der Waals surface area contributed by atoms with Crippen molar-refractivity contribution in [1.82, 2.24) is 0 Å². The second-order valence-corrected chi connectivity index (χ2v) is 6.27. The lowest BCUT2D eigenvalue weighted by Crippen LogP contribution is -2.15. The average Bonchev–Trinajstić information content (AvgIpc) is 2.59. The van der Waals surface area contributed by atoms with Crippen LogP contribution >= 0.6 is 0 Å². The summed E-state index contributed by atoms with van der Waals surface area (Å²) in [5, 5.41) is 3.33. The van der Waals surface area contributed by atoms with Gasteiger partial charge in [-0.1, -0.05) is 32.9 Å². The smallest absolute Gasteiger partial charge is 0.119 e. The van der Waals surface area contributed by atoms with Crippen molar-refractivity contribution in [3.05, 3.63) is 54.1 Å². The van der Waals surface area contributed by atoms with Crippen molar-refractivity contribution in [1.29, 1.82) is 0 Å². The summed E-state index contributed by atoms with van der Waals surface area (Å²) in [4.78, 5) is 0. The van der Waals surface area contributed by atoms with Crippen LogP contribution in [0.25, 0.3) is 0 Å². The summed E-state index contributed by atoms with van der Waals surface area (Å²) >= 11 is 0. The predicted octanol–water partition coefficient (Wildman–Crippen LogP) is 4.87. The third-order valence-corrected chi connectivity index (χ3v) is 4.31. The van der Waals surface area contributed by atoms with Gasteiger partial charge in [0.15, 0.2) is 0 Å². The Morgan fingerprint density at radius 3 is 2.09 bits per heavy atom. The highest BCUT2D eigenvalue weighted by Crippen LogP contribution is 2.28. The van der Waals surface area contributed by atoms with Crippen LogP contribution in [0.4, 0.5) is 5.69 Å². The molecule has 0 aliphatic heterocycles. The highest BCUT2D eigenvalue weighted by atomic mass is 16.5. The monoisotopic (exact) mass is 313 g/mol. The topological polar surface area (TPSA) is 30.5 Å². The molecule has 0 spiro atoms. The van der Waals surface area contributed by atoms with E-state index >= 15 is 0 Å². The van der Waals surface area contributed by atoms with Gasteiger partial charge in [-0.3, -0.25) is 0 Å². The summed E-state index contributed by atoms with van der Waals surface area (Å²) in [6.45, 7) is 8.13. The van der Waals surface area contributed by atoms with E-state index in [-0.39, 0.29) is 5.41 Å². The number of hydrogen-bond donors (Lipinski definition) is 1. The van der Waals surface area contributed by atoms with Gasteiger partial charge in [0.1, 0.15) is 18.1 Å². The van der Waals surface area contributed by atoms with Crippen LogP contribution in [0.3, 0.4) is 0 Å². The summed E-state index contributed by atoms with van der Waals surface area (Å²) < 4.78 is 10.9. The summed E-state index contributed by atoms with van der Waals surface area (Å²) in [6, 6.07) is 16.3. The molecular weight excluding hydrogens is 286 g/mol. The lowest BCUT2D eigenvalue weighted by atomic mass is 9.82. The van der Waals surface area contributed by atoms with Gasteiger partial charge in [0.25, 0.3) is 0 Å². The van der Waals surface area contributed by atoms with Crippen LogP contribution < -0.4 is 14.8 Å². The first-order valence-corrected chi connectivity index (χ1v) is 8.16. The van der Waals surface area contributed by atoms with Crippen LogP contribution in [-0.4, -0.2) is 20.3 Å². The van der Waals surface area contributed by atoms with Gasteiger partial charge in [0.05, 0.1) is 7.11 Å². The molecule has 3 heteroatoms. The molecule has 1 N–H and O–H groups in total. The van der Waals surface area contributed by atoms with E-state index in [1.807, 2.05) is 24.3 Å². The lowest BCUT2D eigenvalue weighted by molar-refractivity contribution is 0.332. The molecule has 0 aliphatic rings. The zero-order valence-corrected chi connectivity index (χ0v) is 14.6. The van der Waals surface area contributed by atoms with Crippen LogP contribution in [-0.2, 0) is 5.41 Å². The van der Waals surface area contributed by atoms with E-state index in [0.717, 1.165) is 30.2 Å². The van der Waals surface area contributed by atoms with Crippen molar-refractivity contribution in [2.75, 3.05) is 25.6 Å². The molecule has 0 saturated carbocycles. The maximum atomic E-state index is 5.79. The standard InChI is InChI=1S/C20H27NO2/c1-5-20(2,3)16-6-10-19(11-7-16)23-15-14-21-17-8-12-18(22-4)13-9-17/h6-13,21H,5,14-15H2,1-4H3. The minimum absolute atomic E-state index is 0.217. The fraction of sp³-hybridized carbons (Fsp3) is 0.400. The van der Waals surface area contributed by atoms with Crippen molar-refractivity contribution >= 4 is 5.69 Å². The van der Waals surface area contributed by atoms with Gasteiger partial charge in [-0.15, -0.1) is 0 Å². The Balaban J connectivity index is 1.77. The molecule has 124 valence electrons. The number of benzene rings is 2. The molecule has 0 atom stereocenters. The molecule has 0 bridgehead atoms. The van der Waals surface area contributed by atoms with E-state index in [1.54, 1.807) is 7.11 Å². The van der Waals surface area contributed by atoms with Crippen molar-refractivity contribution in [2.24, 2.45) is 0 Å². The molecule has 0 aliphatic carbocycles. The molecule has 0 radical (unpaired) electrons. The lowest BCUT2D eigenvalue weighted by Gasteiger charge is -2.23. The van der Waals surface area contributed by atoms with Gasteiger partial charge in [-0.25, -0.2) is 0 Å². The molecule has 0 unspecified atom stereocenters. The van der Waals surface area contributed by atoms with E-state index in [4.69, 9.17) is 9.47 Å². The number of hydrogen-bond acceptors (Lipinski definition) is 3. The normalized spacial score (nSPS) is 11.1. The molecule has 2 aromatic rings. The zero-order valence-electron chi connectivity index (χ0n) is 14.6. The number of rotatable bonds is 8. The Hall–Kier alpha value is -2.16. The zero-order chi connectivity index (χ0) is 16.7.